The summed E-state index contributed by atoms with van der Waals surface area (Å²) >= 11 is 11.7. The van der Waals surface area contributed by atoms with E-state index in [1.54, 1.807) is 0 Å². The summed E-state index contributed by atoms with van der Waals surface area (Å²) in [6.45, 7) is 0. The van der Waals surface area contributed by atoms with Crippen molar-refractivity contribution in [2.45, 2.75) is 11.8 Å². The van der Waals surface area contributed by atoms with E-state index in [1.807, 2.05) is 0 Å². The standard InChI is InChI=1S/C12H9Cl2N3O4/c13-6-1-2-7(8(14)3-6)12(10(18)19,11(20)21)4-9-15-5-16-17-9/h1-3,5H,4H2,(H,18,19)(H,20,21)(H,15,16,17). The minimum Gasteiger partial charge on any atom is -0.480 e. The van der Waals surface area contributed by atoms with Crippen molar-refractivity contribution in [2.75, 3.05) is 0 Å². The predicted molar refractivity (Wildman–Crippen MR) is 73.5 cm³/mol. The third-order valence-corrected chi connectivity index (χ3v) is 3.57. The molecular weight excluding hydrogens is 321 g/mol. The Morgan fingerprint density at radius 3 is 2.38 bits per heavy atom. The van der Waals surface area contributed by atoms with Gasteiger partial charge in [0, 0.05) is 16.5 Å². The van der Waals surface area contributed by atoms with Crippen LogP contribution in [0.15, 0.2) is 24.5 Å². The molecule has 0 spiro atoms. The molecular formula is C12H9Cl2N3O4. The number of carbonyl (C=O) groups is 2. The smallest absolute Gasteiger partial charge is 0.326 e. The van der Waals surface area contributed by atoms with Crippen LogP contribution in [-0.2, 0) is 21.4 Å². The Balaban J connectivity index is 2.64. The van der Waals surface area contributed by atoms with Crippen LogP contribution in [0.25, 0.3) is 0 Å². The largest absolute Gasteiger partial charge is 0.480 e. The van der Waals surface area contributed by atoms with Gasteiger partial charge in [-0.25, -0.2) is 4.98 Å². The van der Waals surface area contributed by atoms with Crippen molar-refractivity contribution in [3.63, 3.8) is 0 Å². The van der Waals surface area contributed by atoms with Gasteiger partial charge in [-0.15, -0.1) is 0 Å². The second-order valence-electron chi connectivity index (χ2n) is 4.25. The van der Waals surface area contributed by atoms with E-state index in [1.165, 1.54) is 18.2 Å². The number of hydrogen-bond acceptors (Lipinski definition) is 4. The first-order valence-corrected chi connectivity index (χ1v) is 6.40. The van der Waals surface area contributed by atoms with Gasteiger partial charge >= 0.3 is 11.9 Å². The quantitative estimate of drug-likeness (QED) is 0.719. The molecule has 1 aromatic heterocycles. The summed E-state index contributed by atoms with van der Waals surface area (Å²) in [5.41, 5.74) is -2.37. The van der Waals surface area contributed by atoms with Crippen LogP contribution >= 0.6 is 23.2 Å². The summed E-state index contributed by atoms with van der Waals surface area (Å²) in [7, 11) is 0. The molecule has 0 aliphatic heterocycles. The van der Waals surface area contributed by atoms with Gasteiger partial charge in [-0.3, -0.25) is 14.7 Å². The number of halogens is 2. The zero-order valence-electron chi connectivity index (χ0n) is 10.4. The maximum Gasteiger partial charge on any atom is 0.326 e. The summed E-state index contributed by atoms with van der Waals surface area (Å²) in [6, 6.07) is 3.95. The van der Waals surface area contributed by atoms with Crippen molar-refractivity contribution in [2.24, 2.45) is 0 Å². The molecule has 21 heavy (non-hydrogen) atoms. The molecule has 1 aromatic carbocycles. The van der Waals surface area contributed by atoms with E-state index in [-0.39, 0.29) is 21.4 Å². The molecule has 0 amide bonds. The first-order valence-electron chi connectivity index (χ1n) is 5.64. The molecule has 110 valence electrons. The summed E-state index contributed by atoms with van der Waals surface area (Å²) in [5, 5.41) is 25.3. The van der Waals surface area contributed by atoms with Gasteiger partial charge in [0.25, 0.3) is 0 Å². The van der Waals surface area contributed by atoms with Crippen LogP contribution < -0.4 is 0 Å². The van der Waals surface area contributed by atoms with Crippen LogP contribution in [0.1, 0.15) is 11.4 Å². The van der Waals surface area contributed by atoms with Gasteiger partial charge < -0.3 is 10.2 Å². The van der Waals surface area contributed by atoms with Crippen LogP contribution in [0.3, 0.4) is 0 Å². The molecule has 0 unspecified atom stereocenters. The molecule has 2 aromatic rings. The fraction of sp³-hybridized carbons (Fsp3) is 0.167. The fourth-order valence-corrected chi connectivity index (χ4v) is 2.54. The van der Waals surface area contributed by atoms with Crippen LogP contribution in [0.5, 0.6) is 0 Å². The van der Waals surface area contributed by atoms with E-state index < -0.39 is 23.8 Å². The minimum atomic E-state index is -2.29. The van der Waals surface area contributed by atoms with E-state index in [2.05, 4.69) is 15.2 Å². The summed E-state index contributed by atoms with van der Waals surface area (Å²) in [6.07, 6.45) is 0.728. The average molecular weight is 330 g/mol. The van der Waals surface area contributed by atoms with E-state index in [0.29, 0.717) is 0 Å². The van der Waals surface area contributed by atoms with E-state index in [9.17, 15) is 19.8 Å². The molecule has 0 saturated carbocycles. The Labute approximate surface area is 128 Å². The van der Waals surface area contributed by atoms with Crippen LogP contribution in [-0.4, -0.2) is 37.3 Å². The molecule has 1 heterocycles. The zero-order chi connectivity index (χ0) is 15.6. The lowest BCUT2D eigenvalue weighted by atomic mass is 9.77. The maximum absolute atomic E-state index is 11.7. The predicted octanol–water partition coefficient (Wildman–Crippen LogP) is 1.76. The highest BCUT2D eigenvalue weighted by Gasteiger charge is 2.50. The van der Waals surface area contributed by atoms with Gasteiger partial charge in [-0.05, 0) is 17.7 Å². The van der Waals surface area contributed by atoms with E-state index in [4.69, 9.17) is 23.2 Å². The van der Waals surface area contributed by atoms with Crippen molar-refractivity contribution in [3.05, 3.63) is 46.0 Å². The van der Waals surface area contributed by atoms with Crippen molar-refractivity contribution in [1.82, 2.24) is 15.2 Å². The zero-order valence-corrected chi connectivity index (χ0v) is 11.9. The summed E-state index contributed by atoms with van der Waals surface area (Å²) in [5.74, 6) is -3.00. The van der Waals surface area contributed by atoms with Crippen LogP contribution in [0.2, 0.25) is 10.0 Å². The van der Waals surface area contributed by atoms with Gasteiger partial charge in [0.15, 0.2) is 5.41 Å². The molecule has 0 aliphatic carbocycles. The average Bonchev–Trinajstić information content (AvgIpc) is 2.88. The molecule has 0 aliphatic rings. The van der Waals surface area contributed by atoms with Crippen molar-refractivity contribution < 1.29 is 19.8 Å². The Morgan fingerprint density at radius 2 is 1.90 bits per heavy atom. The lowest BCUT2D eigenvalue weighted by molar-refractivity contribution is -0.157. The van der Waals surface area contributed by atoms with Crippen LogP contribution in [0, 0.1) is 0 Å². The second kappa shape index (κ2) is 5.71. The molecule has 0 fully saturated rings. The van der Waals surface area contributed by atoms with Gasteiger partial charge in [0.05, 0.1) is 0 Å². The number of aromatic nitrogens is 3. The molecule has 3 N–H and O–H groups in total. The molecule has 0 bridgehead atoms. The number of carboxylic acids is 2. The van der Waals surface area contributed by atoms with Gasteiger partial charge in [0.1, 0.15) is 12.2 Å². The number of aromatic amines is 1. The monoisotopic (exact) mass is 329 g/mol. The number of nitrogens with zero attached hydrogens (tertiary/aromatic N) is 2. The number of carboxylic acid groups (broad SMARTS) is 2. The Bertz CT molecular complexity index is 674. The van der Waals surface area contributed by atoms with E-state index in [0.717, 1.165) is 6.33 Å². The fourth-order valence-electron chi connectivity index (χ4n) is 1.97. The van der Waals surface area contributed by atoms with Gasteiger partial charge in [-0.2, -0.15) is 5.10 Å². The van der Waals surface area contributed by atoms with E-state index >= 15 is 0 Å². The molecule has 2 rings (SSSR count). The lowest BCUT2D eigenvalue weighted by Gasteiger charge is -2.25. The van der Waals surface area contributed by atoms with Crippen molar-refractivity contribution in [3.8, 4) is 0 Å². The minimum absolute atomic E-state index is 0.0492. The summed E-state index contributed by atoms with van der Waals surface area (Å²) in [4.78, 5) is 27.2. The highest BCUT2D eigenvalue weighted by Crippen LogP contribution is 2.35. The number of benzene rings is 1. The molecule has 0 radical (unpaired) electrons. The number of aliphatic carboxylic acids is 2. The number of H-pyrrole nitrogens is 1. The number of rotatable bonds is 5. The first kappa shape index (κ1) is 15.3. The Morgan fingerprint density at radius 1 is 1.24 bits per heavy atom. The first-order chi connectivity index (χ1) is 9.87. The molecule has 0 saturated heterocycles. The topological polar surface area (TPSA) is 116 Å². The normalized spacial score (nSPS) is 11.3. The summed E-state index contributed by atoms with van der Waals surface area (Å²) < 4.78 is 0. The Kier molecular flexibility index (Phi) is 4.15. The van der Waals surface area contributed by atoms with Crippen molar-refractivity contribution >= 4 is 35.1 Å². The SMILES string of the molecule is O=C(O)C(Cc1ncn[nH]1)(C(=O)O)c1ccc(Cl)cc1Cl. The number of hydrogen-bond donors (Lipinski definition) is 3. The maximum atomic E-state index is 11.7. The van der Waals surface area contributed by atoms with Crippen LogP contribution in [0.4, 0.5) is 0 Å². The highest BCUT2D eigenvalue weighted by atomic mass is 35.5. The third kappa shape index (κ3) is 2.70. The molecule has 7 nitrogen and oxygen atoms in total. The second-order valence-corrected chi connectivity index (χ2v) is 5.09. The lowest BCUT2D eigenvalue weighted by Crippen LogP contribution is -2.46. The van der Waals surface area contributed by atoms with Crippen molar-refractivity contribution in [1.29, 1.82) is 0 Å². The number of nitrogens with one attached hydrogen (secondary N) is 1. The Hall–Kier alpha value is -2.12. The van der Waals surface area contributed by atoms with Gasteiger partial charge in [0.2, 0.25) is 0 Å². The third-order valence-electron chi connectivity index (χ3n) is 3.02. The highest BCUT2D eigenvalue weighted by molar-refractivity contribution is 6.35. The van der Waals surface area contributed by atoms with Gasteiger partial charge in [-0.1, -0.05) is 29.3 Å². The molecule has 9 heteroatoms. The molecule has 0 atom stereocenters.